The van der Waals surface area contributed by atoms with E-state index < -0.39 is 5.60 Å². The minimum atomic E-state index is -0.528. The molecule has 0 aromatic heterocycles. The van der Waals surface area contributed by atoms with E-state index in [-0.39, 0.29) is 5.92 Å². The second-order valence-electron chi connectivity index (χ2n) is 10.1. The Kier molecular flexibility index (Phi) is 7.52. The zero-order valence-electron chi connectivity index (χ0n) is 19.4. The fraction of sp³-hybridized carbons (Fsp3) is 0.630. The van der Waals surface area contributed by atoms with Crippen molar-refractivity contribution in [1.82, 2.24) is 9.80 Å². The molecule has 3 aliphatic rings. The van der Waals surface area contributed by atoms with Gasteiger partial charge in [-0.05, 0) is 70.0 Å². The number of rotatable bonds is 8. The first-order valence-electron chi connectivity index (χ1n) is 12.2. The number of benzene rings is 1. The quantitative estimate of drug-likeness (QED) is 0.661. The average molecular weight is 425 g/mol. The first-order valence-corrected chi connectivity index (χ1v) is 12.2. The van der Waals surface area contributed by atoms with Crippen LogP contribution in [0.5, 0.6) is 0 Å². The highest BCUT2D eigenvalue weighted by molar-refractivity contribution is 5.21. The molecule has 0 radical (unpaired) electrons. The molecule has 2 fully saturated rings. The number of nitrogens with zero attached hydrogens (tertiary/aromatic N) is 2. The van der Waals surface area contributed by atoms with E-state index >= 15 is 0 Å². The molecule has 170 valence electrons. The molecule has 1 saturated heterocycles. The molecule has 4 heteroatoms. The Hall–Kier alpha value is -1.62. The van der Waals surface area contributed by atoms with Gasteiger partial charge in [-0.2, -0.15) is 0 Å². The van der Waals surface area contributed by atoms with Gasteiger partial charge in [0.05, 0.1) is 5.60 Å². The summed E-state index contributed by atoms with van der Waals surface area (Å²) in [5, 5.41) is 11.7. The van der Waals surface area contributed by atoms with Gasteiger partial charge in [0.25, 0.3) is 0 Å². The predicted molar refractivity (Wildman–Crippen MR) is 127 cm³/mol. The maximum absolute atomic E-state index is 11.7. The van der Waals surface area contributed by atoms with Crippen LogP contribution < -0.4 is 0 Å². The van der Waals surface area contributed by atoms with Crippen molar-refractivity contribution in [3.05, 3.63) is 59.9 Å². The van der Waals surface area contributed by atoms with E-state index in [9.17, 15) is 5.11 Å². The first-order chi connectivity index (χ1) is 15.0. The third-order valence-electron chi connectivity index (χ3n) is 7.71. The topological polar surface area (TPSA) is 35.9 Å². The molecule has 0 amide bonds. The lowest BCUT2D eigenvalue weighted by Gasteiger charge is -2.44. The number of hydrogen-bond acceptors (Lipinski definition) is 4. The standard InChI is InChI=1S/C27H40N2O2/c1-28(2)24-15-18-29(19-24)20-26(27(30)16-7-4-8-17-27)23-11-13-25(14-12-23)31-21-22-9-5-3-6-10-22/h3,5-6,9-11,13-14,23-24,26,30H,4,7-8,12,15-21H2,1-2H3/t23?,24-,26?/m0/s1. The highest BCUT2D eigenvalue weighted by Crippen LogP contribution is 2.41. The summed E-state index contributed by atoms with van der Waals surface area (Å²) >= 11 is 0. The minimum Gasteiger partial charge on any atom is -0.489 e. The first kappa shape index (κ1) is 22.6. The molecule has 31 heavy (non-hydrogen) atoms. The van der Waals surface area contributed by atoms with Crippen molar-refractivity contribution in [1.29, 1.82) is 0 Å². The largest absolute Gasteiger partial charge is 0.489 e. The number of likely N-dealkylation sites (tertiary alicyclic amines) is 1. The molecule has 1 aromatic rings. The molecule has 1 heterocycles. The van der Waals surface area contributed by atoms with Gasteiger partial charge in [-0.1, -0.05) is 55.7 Å². The Morgan fingerprint density at radius 3 is 2.58 bits per heavy atom. The third kappa shape index (κ3) is 5.79. The fourth-order valence-corrected chi connectivity index (χ4v) is 5.68. The Balaban J connectivity index is 1.40. The minimum absolute atomic E-state index is 0.289. The maximum Gasteiger partial charge on any atom is 0.115 e. The third-order valence-corrected chi connectivity index (χ3v) is 7.71. The van der Waals surface area contributed by atoms with Gasteiger partial charge in [-0.3, -0.25) is 0 Å². The monoisotopic (exact) mass is 424 g/mol. The summed E-state index contributed by atoms with van der Waals surface area (Å²) in [6, 6.07) is 11.0. The molecule has 4 rings (SSSR count). The van der Waals surface area contributed by atoms with E-state index in [1.807, 2.05) is 6.07 Å². The van der Waals surface area contributed by atoms with Gasteiger partial charge in [0, 0.05) is 25.0 Å². The molecule has 4 nitrogen and oxygen atoms in total. The summed E-state index contributed by atoms with van der Waals surface area (Å²) in [6.45, 7) is 3.88. The van der Waals surface area contributed by atoms with Crippen LogP contribution in [0.25, 0.3) is 0 Å². The predicted octanol–water partition coefficient (Wildman–Crippen LogP) is 4.61. The summed E-state index contributed by atoms with van der Waals surface area (Å²) < 4.78 is 6.04. The number of likely N-dealkylation sites (N-methyl/N-ethyl adjacent to an activating group) is 1. The van der Waals surface area contributed by atoms with Crippen LogP contribution in [0.15, 0.2) is 54.3 Å². The number of ether oxygens (including phenoxy) is 1. The van der Waals surface area contributed by atoms with Crippen LogP contribution in [0.4, 0.5) is 0 Å². The van der Waals surface area contributed by atoms with Crippen LogP contribution in [0.3, 0.4) is 0 Å². The number of allylic oxidation sites excluding steroid dienone is 3. The van der Waals surface area contributed by atoms with Gasteiger partial charge >= 0.3 is 0 Å². The van der Waals surface area contributed by atoms with Gasteiger partial charge in [0.15, 0.2) is 0 Å². The normalized spacial score (nSPS) is 27.3. The maximum atomic E-state index is 11.7. The summed E-state index contributed by atoms with van der Waals surface area (Å²) in [6.07, 6.45) is 14.4. The summed E-state index contributed by atoms with van der Waals surface area (Å²) in [5.74, 6) is 1.63. The van der Waals surface area contributed by atoms with Gasteiger partial charge in [-0.15, -0.1) is 0 Å². The van der Waals surface area contributed by atoms with E-state index in [4.69, 9.17) is 4.74 Å². The molecular formula is C27H40N2O2. The summed E-state index contributed by atoms with van der Waals surface area (Å²) in [7, 11) is 4.37. The number of hydrogen-bond donors (Lipinski definition) is 1. The lowest BCUT2D eigenvalue weighted by atomic mass is 9.68. The Labute approximate surface area is 188 Å². The fourth-order valence-electron chi connectivity index (χ4n) is 5.68. The SMILES string of the molecule is CN(C)[C@H]1CCN(CC(C2C=CC(OCc3ccccc3)=CC2)C2(O)CCCCC2)C1. The van der Waals surface area contributed by atoms with Gasteiger partial charge in [0.1, 0.15) is 12.4 Å². The van der Waals surface area contributed by atoms with Crippen molar-refractivity contribution >= 4 is 0 Å². The van der Waals surface area contributed by atoms with E-state index in [2.05, 4.69) is 66.4 Å². The van der Waals surface area contributed by atoms with Crippen molar-refractivity contribution in [2.75, 3.05) is 33.7 Å². The molecule has 1 N–H and O–H groups in total. The highest BCUT2D eigenvalue weighted by Gasteiger charge is 2.43. The second-order valence-corrected chi connectivity index (χ2v) is 10.1. The molecule has 1 aliphatic heterocycles. The molecule has 2 unspecified atom stereocenters. The molecule has 0 bridgehead atoms. The second kappa shape index (κ2) is 10.3. The van der Waals surface area contributed by atoms with Crippen LogP contribution in [0.2, 0.25) is 0 Å². The van der Waals surface area contributed by atoms with Crippen molar-refractivity contribution < 1.29 is 9.84 Å². The molecule has 1 saturated carbocycles. The Bertz CT molecular complexity index is 752. The van der Waals surface area contributed by atoms with E-state index in [0.717, 1.165) is 57.5 Å². The van der Waals surface area contributed by atoms with Crippen molar-refractivity contribution in [2.45, 2.75) is 63.2 Å². The Morgan fingerprint density at radius 2 is 1.94 bits per heavy atom. The van der Waals surface area contributed by atoms with Crippen LogP contribution in [0, 0.1) is 11.8 Å². The van der Waals surface area contributed by atoms with Crippen molar-refractivity contribution in [3.63, 3.8) is 0 Å². The molecule has 1 aromatic carbocycles. The van der Waals surface area contributed by atoms with Gasteiger partial charge in [-0.25, -0.2) is 0 Å². The lowest BCUT2D eigenvalue weighted by molar-refractivity contribution is -0.0727. The molecule has 2 aliphatic carbocycles. The van der Waals surface area contributed by atoms with Crippen molar-refractivity contribution in [3.8, 4) is 0 Å². The van der Waals surface area contributed by atoms with E-state index in [0.29, 0.717) is 18.6 Å². The molecular weight excluding hydrogens is 384 g/mol. The average Bonchev–Trinajstić information content (AvgIpc) is 3.27. The molecule has 3 atom stereocenters. The van der Waals surface area contributed by atoms with Crippen LogP contribution in [-0.4, -0.2) is 60.3 Å². The zero-order chi connectivity index (χ0) is 21.7. The summed E-state index contributed by atoms with van der Waals surface area (Å²) in [5.41, 5.74) is 0.664. The Morgan fingerprint density at radius 1 is 1.16 bits per heavy atom. The molecule has 0 spiro atoms. The smallest absolute Gasteiger partial charge is 0.115 e. The van der Waals surface area contributed by atoms with E-state index in [1.54, 1.807) is 0 Å². The number of aliphatic hydroxyl groups is 1. The van der Waals surface area contributed by atoms with Crippen LogP contribution in [-0.2, 0) is 11.3 Å². The van der Waals surface area contributed by atoms with Crippen LogP contribution >= 0.6 is 0 Å². The summed E-state index contributed by atoms with van der Waals surface area (Å²) in [4.78, 5) is 4.95. The van der Waals surface area contributed by atoms with Crippen molar-refractivity contribution in [2.24, 2.45) is 11.8 Å². The van der Waals surface area contributed by atoms with Gasteiger partial charge in [0.2, 0.25) is 0 Å². The highest BCUT2D eigenvalue weighted by atomic mass is 16.5. The lowest BCUT2D eigenvalue weighted by Crippen LogP contribution is -2.49. The van der Waals surface area contributed by atoms with Gasteiger partial charge < -0.3 is 19.6 Å². The van der Waals surface area contributed by atoms with Crippen LogP contribution in [0.1, 0.15) is 50.5 Å². The zero-order valence-corrected chi connectivity index (χ0v) is 19.4. The van der Waals surface area contributed by atoms with E-state index in [1.165, 1.54) is 18.4 Å².